The van der Waals surface area contributed by atoms with Gasteiger partial charge in [0.25, 0.3) is 0 Å². The molecule has 0 aromatic rings. The SMILES string of the molecule is CC(C)NC(C)(C#N)CCCOCC(F)(F)C(F)(F)F. The van der Waals surface area contributed by atoms with Crippen LogP contribution in [0.15, 0.2) is 0 Å². The molecule has 0 aliphatic rings. The van der Waals surface area contributed by atoms with Crippen molar-refractivity contribution in [1.29, 1.82) is 5.26 Å². The van der Waals surface area contributed by atoms with Crippen molar-refractivity contribution in [3.05, 3.63) is 0 Å². The summed E-state index contributed by atoms with van der Waals surface area (Å²) in [6.07, 6.45) is -5.11. The number of nitrogens with zero attached hydrogens (tertiary/aromatic N) is 1. The van der Waals surface area contributed by atoms with Crippen molar-refractivity contribution in [3.63, 3.8) is 0 Å². The minimum atomic E-state index is -5.60. The zero-order valence-electron chi connectivity index (χ0n) is 11.7. The molecule has 0 saturated carbocycles. The largest absolute Gasteiger partial charge is 0.455 e. The first kappa shape index (κ1) is 19.1. The Hall–Kier alpha value is -0.940. The maximum Gasteiger partial charge on any atom is 0.455 e. The molecular weight excluding hydrogens is 283 g/mol. The molecular formula is C12H19F5N2O. The zero-order valence-corrected chi connectivity index (χ0v) is 11.7. The van der Waals surface area contributed by atoms with E-state index in [1.165, 1.54) is 0 Å². The van der Waals surface area contributed by atoms with E-state index in [0.29, 0.717) is 6.42 Å². The standard InChI is InChI=1S/C12H19F5N2O/c1-9(2)19-10(3,7-18)5-4-6-20-8-11(13,14)12(15,16)17/h9,19H,4-6,8H2,1-3H3. The maximum atomic E-state index is 12.5. The molecule has 1 atom stereocenters. The molecule has 20 heavy (non-hydrogen) atoms. The van der Waals surface area contributed by atoms with Crippen LogP contribution in [0.1, 0.15) is 33.6 Å². The Morgan fingerprint density at radius 1 is 1.20 bits per heavy atom. The molecule has 3 nitrogen and oxygen atoms in total. The molecule has 0 saturated heterocycles. The number of hydrogen-bond donors (Lipinski definition) is 1. The van der Waals surface area contributed by atoms with Crippen LogP contribution in [0.2, 0.25) is 0 Å². The highest BCUT2D eigenvalue weighted by atomic mass is 19.4. The minimum absolute atomic E-state index is 0.0510. The summed E-state index contributed by atoms with van der Waals surface area (Å²) in [7, 11) is 0. The van der Waals surface area contributed by atoms with Gasteiger partial charge in [0.2, 0.25) is 0 Å². The average molecular weight is 302 g/mol. The third kappa shape index (κ3) is 6.48. The van der Waals surface area contributed by atoms with Gasteiger partial charge in [-0.25, -0.2) is 0 Å². The third-order valence-corrected chi connectivity index (χ3v) is 2.52. The molecule has 118 valence electrons. The first-order valence-electron chi connectivity index (χ1n) is 6.15. The van der Waals surface area contributed by atoms with E-state index >= 15 is 0 Å². The summed E-state index contributed by atoms with van der Waals surface area (Å²) in [6, 6.07) is 2.10. The second-order valence-corrected chi connectivity index (χ2v) is 5.10. The highest BCUT2D eigenvalue weighted by molar-refractivity contribution is 5.04. The Kier molecular flexibility index (Phi) is 6.84. The van der Waals surface area contributed by atoms with Gasteiger partial charge in [0.05, 0.1) is 6.07 Å². The first-order valence-corrected chi connectivity index (χ1v) is 6.15. The first-order chi connectivity index (χ1) is 8.93. The van der Waals surface area contributed by atoms with E-state index in [1.54, 1.807) is 6.92 Å². The summed E-state index contributed by atoms with van der Waals surface area (Å²) in [5.74, 6) is -4.85. The fraction of sp³-hybridized carbons (Fsp3) is 0.917. The fourth-order valence-electron chi connectivity index (χ4n) is 1.61. The molecule has 0 bridgehead atoms. The molecule has 0 fully saturated rings. The lowest BCUT2D eigenvalue weighted by Crippen LogP contribution is -2.45. The van der Waals surface area contributed by atoms with Crippen LogP contribution in [0.5, 0.6) is 0 Å². The van der Waals surface area contributed by atoms with Crippen molar-refractivity contribution in [1.82, 2.24) is 5.32 Å². The van der Waals surface area contributed by atoms with Crippen LogP contribution in [0.4, 0.5) is 22.0 Å². The number of halogens is 5. The van der Waals surface area contributed by atoms with Crippen LogP contribution in [0.3, 0.4) is 0 Å². The van der Waals surface area contributed by atoms with Crippen molar-refractivity contribution >= 4 is 0 Å². The molecule has 0 heterocycles. The van der Waals surface area contributed by atoms with E-state index in [9.17, 15) is 22.0 Å². The summed E-state index contributed by atoms with van der Waals surface area (Å²) < 4.78 is 64.9. The maximum absolute atomic E-state index is 12.5. The predicted octanol–water partition coefficient (Wildman–Crippen LogP) is 3.26. The molecule has 0 aromatic heterocycles. The molecule has 1 unspecified atom stereocenters. The van der Waals surface area contributed by atoms with Crippen LogP contribution < -0.4 is 5.32 Å². The average Bonchev–Trinajstić information content (AvgIpc) is 2.26. The second kappa shape index (κ2) is 7.18. The van der Waals surface area contributed by atoms with Gasteiger partial charge in [-0.3, -0.25) is 5.32 Å². The summed E-state index contributed by atoms with van der Waals surface area (Å²) in [4.78, 5) is 0. The third-order valence-electron chi connectivity index (χ3n) is 2.52. The Bertz CT molecular complexity index is 338. The van der Waals surface area contributed by atoms with Crippen molar-refractivity contribution in [2.45, 2.75) is 57.3 Å². The minimum Gasteiger partial charge on any atom is -0.375 e. The van der Waals surface area contributed by atoms with Crippen molar-refractivity contribution in [2.24, 2.45) is 0 Å². The van der Waals surface area contributed by atoms with Crippen molar-refractivity contribution in [3.8, 4) is 6.07 Å². The fourth-order valence-corrected chi connectivity index (χ4v) is 1.61. The smallest absolute Gasteiger partial charge is 0.375 e. The lowest BCUT2D eigenvalue weighted by Gasteiger charge is -2.26. The summed E-state index contributed by atoms with van der Waals surface area (Å²) in [5.41, 5.74) is -0.857. The monoisotopic (exact) mass is 302 g/mol. The van der Waals surface area contributed by atoms with Crippen LogP contribution in [0, 0.1) is 11.3 Å². The Balaban J connectivity index is 4.07. The van der Waals surface area contributed by atoms with E-state index in [-0.39, 0.29) is 19.1 Å². The molecule has 0 aromatic carbocycles. The normalized spacial score (nSPS) is 16.0. The van der Waals surface area contributed by atoms with Crippen molar-refractivity contribution in [2.75, 3.05) is 13.2 Å². The lowest BCUT2D eigenvalue weighted by molar-refractivity contribution is -0.296. The van der Waals surface area contributed by atoms with Gasteiger partial charge in [-0.05, 0) is 33.6 Å². The number of alkyl halides is 5. The van der Waals surface area contributed by atoms with Crippen molar-refractivity contribution < 1.29 is 26.7 Å². The molecule has 0 aliphatic heterocycles. The van der Waals surface area contributed by atoms with Crippen LogP contribution in [-0.4, -0.2) is 36.9 Å². The number of ether oxygens (including phenoxy) is 1. The Morgan fingerprint density at radius 3 is 2.15 bits per heavy atom. The predicted molar refractivity (Wildman–Crippen MR) is 63.3 cm³/mol. The van der Waals surface area contributed by atoms with Gasteiger partial charge < -0.3 is 4.74 Å². The molecule has 0 aliphatic carbocycles. The molecule has 8 heteroatoms. The molecule has 0 rings (SSSR count). The number of nitrogens with one attached hydrogen (secondary N) is 1. The summed E-state index contributed by atoms with van der Waals surface area (Å²) in [5, 5.41) is 12.0. The molecule has 1 N–H and O–H groups in total. The van der Waals surface area contributed by atoms with Gasteiger partial charge in [0.1, 0.15) is 12.1 Å². The van der Waals surface area contributed by atoms with Gasteiger partial charge in [0.15, 0.2) is 0 Å². The van der Waals surface area contributed by atoms with Gasteiger partial charge >= 0.3 is 12.1 Å². The van der Waals surface area contributed by atoms with Crippen LogP contribution in [0.25, 0.3) is 0 Å². The van der Waals surface area contributed by atoms with Crippen LogP contribution in [-0.2, 0) is 4.74 Å². The molecule has 0 radical (unpaired) electrons. The van der Waals surface area contributed by atoms with E-state index in [0.717, 1.165) is 0 Å². The van der Waals surface area contributed by atoms with E-state index < -0.39 is 24.2 Å². The highest BCUT2D eigenvalue weighted by Gasteiger charge is 2.57. The van der Waals surface area contributed by atoms with E-state index in [4.69, 9.17) is 5.26 Å². The second-order valence-electron chi connectivity index (χ2n) is 5.10. The zero-order chi connectivity index (χ0) is 16.0. The van der Waals surface area contributed by atoms with Gasteiger partial charge in [-0.2, -0.15) is 27.2 Å². The van der Waals surface area contributed by atoms with Gasteiger partial charge in [-0.1, -0.05) is 0 Å². The lowest BCUT2D eigenvalue weighted by atomic mass is 9.97. The van der Waals surface area contributed by atoms with Gasteiger partial charge in [0, 0.05) is 12.6 Å². The van der Waals surface area contributed by atoms with E-state index in [1.807, 2.05) is 19.9 Å². The summed E-state index contributed by atoms with van der Waals surface area (Å²) in [6.45, 7) is 3.36. The quantitative estimate of drug-likeness (QED) is 0.553. The molecule has 0 amide bonds. The topological polar surface area (TPSA) is 45.0 Å². The highest BCUT2D eigenvalue weighted by Crippen LogP contribution is 2.35. The van der Waals surface area contributed by atoms with E-state index in [2.05, 4.69) is 10.1 Å². The number of rotatable bonds is 8. The van der Waals surface area contributed by atoms with Crippen LogP contribution >= 0.6 is 0 Å². The Morgan fingerprint density at radius 2 is 1.75 bits per heavy atom. The van der Waals surface area contributed by atoms with Gasteiger partial charge in [-0.15, -0.1) is 0 Å². The Labute approximate surface area is 115 Å². The number of hydrogen-bond acceptors (Lipinski definition) is 3. The summed E-state index contributed by atoms with van der Waals surface area (Å²) >= 11 is 0. The number of nitriles is 1. The molecule has 0 spiro atoms.